The van der Waals surface area contributed by atoms with Crippen molar-refractivity contribution in [2.24, 2.45) is 0 Å². The molecule has 0 spiro atoms. The fraction of sp³-hybridized carbons (Fsp3) is 0.508. The van der Waals surface area contributed by atoms with Gasteiger partial charge in [0.1, 0.15) is 13.2 Å². The van der Waals surface area contributed by atoms with Crippen LogP contribution in [-0.4, -0.2) is 37.2 Å². The summed E-state index contributed by atoms with van der Waals surface area (Å²) in [4.78, 5) is 38.0. The van der Waals surface area contributed by atoms with Crippen LogP contribution in [-0.2, 0) is 28.6 Å². The number of unbranched alkanes of at least 4 members (excludes halogenated alkanes) is 8. The average molecular weight is 947 g/mol. The summed E-state index contributed by atoms with van der Waals surface area (Å²) in [5.74, 6) is -1.11. The highest BCUT2D eigenvalue weighted by Crippen LogP contribution is 2.12. The minimum absolute atomic E-state index is 0.139. The molecule has 382 valence electrons. The first-order valence-corrected chi connectivity index (χ1v) is 26.7. The maximum Gasteiger partial charge on any atom is 0.306 e. The van der Waals surface area contributed by atoms with Gasteiger partial charge in [-0.25, -0.2) is 0 Å². The maximum atomic E-state index is 12.8. The van der Waals surface area contributed by atoms with Crippen molar-refractivity contribution < 1.29 is 28.6 Å². The van der Waals surface area contributed by atoms with E-state index in [0.29, 0.717) is 19.3 Å². The zero-order valence-corrected chi connectivity index (χ0v) is 43.5. The fourth-order valence-electron chi connectivity index (χ4n) is 6.38. The zero-order valence-electron chi connectivity index (χ0n) is 43.5. The molecule has 0 heterocycles. The van der Waals surface area contributed by atoms with E-state index in [2.05, 4.69) is 179 Å². The topological polar surface area (TPSA) is 78.9 Å². The Balaban J connectivity index is 4.65. The largest absolute Gasteiger partial charge is 0.462 e. The van der Waals surface area contributed by atoms with Gasteiger partial charge in [0.15, 0.2) is 6.10 Å². The van der Waals surface area contributed by atoms with Gasteiger partial charge in [0.05, 0.1) is 0 Å². The quantitative estimate of drug-likeness (QED) is 0.0199. The number of carbonyl (C=O) groups excluding carboxylic acids is 3. The Bertz CT molecular complexity index is 1650. The molecule has 1 unspecified atom stereocenters. The molecule has 0 amide bonds. The van der Waals surface area contributed by atoms with Crippen molar-refractivity contribution in [1.82, 2.24) is 0 Å². The highest BCUT2D eigenvalue weighted by Gasteiger charge is 2.19. The van der Waals surface area contributed by atoms with Crippen molar-refractivity contribution in [3.05, 3.63) is 170 Å². The molecule has 0 aliphatic heterocycles. The van der Waals surface area contributed by atoms with Gasteiger partial charge < -0.3 is 14.2 Å². The van der Waals surface area contributed by atoms with Gasteiger partial charge in [-0.05, 0) is 116 Å². The van der Waals surface area contributed by atoms with E-state index in [1.165, 1.54) is 19.3 Å². The second-order valence-electron chi connectivity index (χ2n) is 16.7. The van der Waals surface area contributed by atoms with Crippen molar-refractivity contribution in [1.29, 1.82) is 0 Å². The van der Waals surface area contributed by atoms with E-state index in [1.807, 2.05) is 12.2 Å². The molecule has 0 aromatic carbocycles. The summed E-state index contributed by atoms with van der Waals surface area (Å²) < 4.78 is 16.7. The number of carbonyl (C=O) groups is 3. The van der Waals surface area contributed by atoms with Crippen LogP contribution in [0, 0.1) is 0 Å². The third-order valence-corrected chi connectivity index (χ3v) is 10.3. The Kier molecular flexibility index (Phi) is 51.2. The molecule has 0 rings (SSSR count). The number of rotatable bonds is 45. The molecule has 0 fully saturated rings. The second-order valence-corrected chi connectivity index (χ2v) is 16.7. The molecular formula is C63H94O6. The number of ether oxygens (including phenoxy) is 3. The molecule has 6 heteroatoms. The van der Waals surface area contributed by atoms with E-state index >= 15 is 0 Å². The molecule has 69 heavy (non-hydrogen) atoms. The van der Waals surface area contributed by atoms with Crippen LogP contribution in [0.3, 0.4) is 0 Å². The van der Waals surface area contributed by atoms with Gasteiger partial charge in [-0.3, -0.25) is 14.4 Å². The molecule has 0 N–H and O–H groups in total. The monoisotopic (exact) mass is 947 g/mol. The van der Waals surface area contributed by atoms with E-state index in [-0.39, 0.29) is 38.0 Å². The predicted octanol–water partition coefficient (Wildman–Crippen LogP) is 18.0. The van der Waals surface area contributed by atoms with E-state index in [0.717, 1.165) is 116 Å². The lowest BCUT2D eigenvalue weighted by Crippen LogP contribution is -2.30. The molecule has 6 nitrogen and oxygen atoms in total. The number of esters is 3. The van der Waals surface area contributed by atoms with Crippen LogP contribution >= 0.6 is 0 Å². The van der Waals surface area contributed by atoms with Crippen molar-refractivity contribution in [2.45, 2.75) is 194 Å². The number of hydrogen-bond acceptors (Lipinski definition) is 6. The standard InChI is InChI=1S/C63H94O6/c1-4-7-10-13-16-19-22-25-28-30-31-33-35-38-41-44-47-50-53-56-62(65)68-59-60(58-67-61(64)55-52-49-46-43-40-37-34-27-24-21-18-15-12-9-6-3)69-63(66)57-54-51-48-45-42-39-36-32-29-26-23-20-17-14-11-8-5-2/h7-12,15-21,24-26,28-29,31,33,36,38-39,41,45,47-48,50,60H,4-6,13-14,22-23,27,30,32,34-35,37,40,42-44,46,49,51-59H2,1-3H3/b10-7-,11-8-,12-9-,18-15-,19-16-,20-17-,24-21-,28-25-,29-26-,33-31-,39-36-,41-38-,48-45-,50-47-. The summed E-state index contributed by atoms with van der Waals surface area (Å²) in [6.07, 6.45) is 82.1. The minimum Gasteiger partial charge on any atom is -0.462 e. The average Bonchev–Trinajstić information content (AvgIpc) is 3.35. The molecule has 0 saturated heterocycles. The lowest BCUT2D eigenvalue weighted by Gasteiger charge is -2.18. The Labute approximate surface area is 422 Å². The molecule has 0 aliphatic rings. The zero-order chi connectivity index (χ0) is 50.0. The summed E-state index contributed by atoms with van der Waals surface area (Å²) in [6.45, 7) is 6.13. The summed E-state index contributed by atoms with van der Waals surface area (Å²) in [5, 5.41) is 0. The summed E-state index contributed by atoms with van der Waals surface area (Å²) in [7, 11) is 0. The SMILES string of the molecule is CC\C=C/C=C\C=C/CCCCCCCCCC(=O)OCC(COC(=O)CC/C=C\C/C=C\C/C=C\C/C=C\C/C=C\C/C=C\CC)OC(=O)CCC/C=C\C/C=C\C/C=C\C/C=C\C/C=C\CC. The Morgan fingerprint density at radius 1 is 0.304 bits per heavy atom. The lowest BCUT2D eigenvalue weighted by molar-refractivity contribution is -0.166. The first-order chi connectivity index (χ1) is 34.0. The van der Waals surface area contributed by atoms with Gasteiger partial charge in [0.25, 0.3) is 0 Å². The first kappa shape index (κ1) is 63.8. The Morgan fingerprint density at radius 2 is 0.638 bits per heavy atom. The van der Waals surface area contributed by atoms with Crippen molar-refractivity contribution in [2.75, 3.05) is 13.2 Å². The van der Waals surface area contributed by atoms with Crippen LogP contribution in [0.5, 0.6) is 0 Å². The molecule has 0 aromatic rings. The van der Waals surface area contributed by atoms with Gasteiger partial charge in [-0.1, -0.05) is 223 Å². The smallest absolute Gasteiger partial charge is 0.306 e. The summed E-state index contributed by atoms with van der Waals surface area (Å²) in [5.41, 5.74) is 0. The molecule has 0 aromatic heterocycles. The van der Waals surface area contributed by atoms with Crippen LogP contribution in [0.4, 0.5) is 0 Å². The van der Waals surface area contributed by atoms with Gasteiger partial charge in [-0.15, -0.1) is 0 Å². The molecule has 0 radical (unpaired) electrons. The molecule has 0 saturated carbocycles. The van der Waals surface area contributed by atoms with Crippen LogP contribution in [0.15, 0.2) is 170 Å². The first-order valence-electron chi connectivity index (χ1n) is 26.7. The molecular weight excluding hydrogens is 853 g/mol. The highest BCUT2D eigenvalue weighted by molar-refractivity contribution is 5.71. The van der Waals surface area contributed by atoms with Gasteiger partial charge in [-0.2, -0.15) is 0 Å². The van der Waals surface area contributed by atoms with Crippen LogP contribution in [0.1, 0.15) is 188 Å². The molecule has 1 atom stereocenters. The number of allylic oxidation sites excluding steroid dienone is 28. The fourth-order valence-corrected chi connectivity index (χ4v) is 6.38. The predicted molar refractivity (Wildman–Crippen MR) is 297 cm³/mol. The van der Waals surface area contributed by atoms with Crippen LogP contribution < -0.4 is 0 Å². The van der Waals surface area contributed by atoms with Crippen molar-refractivity contribution in [3.63, 3.8) is 0 Å². The third-order valence-electron chi connectivity index (χ3n) is 10.3. The van der Waals surface area contributed by atoms with Crippen LogP contribution in [0.25, 0.3) is 0 Å². The van der Waals surface area contributed by atoms with Gasteiger partial charge in [0.2, 0.25) is 0 Å². The van der Waals surface area contributed by atoms with E-state index in [4.69, 9.17) is 14.2 Å². The summed E-state index contributed by atoms with van der Waals surface area (Å²) >= 11 is 0. The van der Waals surface area contributed by atoms with E-state index < -0.39 is 12.1 Å². The van der Waals surface area contributed by atoms with Gasteiger partial charge in [0, 0.05) is 19.3 Å². The van der Waals surface area contributed by atoms with Crippen molar-refractivity contribution in [3.8, 4) is 0 Å². The minimum atomic E-state index is -0.853. The number of hydrogen-bond donors (Lipinski definition) is 0. The lowest BCUT2D eigenvalue weighted by atomic mass is 10.1. The summed E-state index contributed by atoms with van der Waals surface area (Å²) in [6, 6.07) is 0. The molecule has 0 bridgehead atoms. The van der Waals surface area contributed by atoms with E-state index in [1.54, 1.807) is 0 Å². The molecule has 0 aliphatic carbocycles. The Morgan fingerprint density at radius 3 is 1.09 bits per heavy atom. The Hall–Kier alpha value is -5.23. The van der Waals surface area contributed by atoms with Gasteiger partial charge >= 0.3 is 17.9 Å². The normalized spacial score (nSPS) is 13.5. The second kappa shape index (κ2) is 55.4. The van der Waals surface area contributed by atoms with Crippen molar-refractivity contribution >= 4 is 17.9 Å². The highest BCUT2D eigenvalue weighted by atomic mass is 16.6. The van der Waals surface area contributed by atoms with E-state index in [9.17, 15) is 14.4 Å². The maximum absolute atomic E-state index is 12.8. The van der Waals surface area contributed by atoms with Crippen LogP contribution in [0.2, 0.25) is 0 Å². The third kappa shape index (κ3) is 53.6.